The Morgan fingerprint density at radius 2 is 0.944 bits per heavy atom. The predicted molar refractivity (Wildman–Crippen MR) is 77.5 cm³/mol. The number of rotatable bonds is 3. The highest BCUT2D eigenvalue weighted by Crippen LogP contribution is 2.01. The molecule has 0 spiro atoms. The van der Waals surface area contributed by atoms with Gasteiger partial charge >= 0.3 is 0 Å². The average molecular weight is 236 g/mol. The third kappa shape index (κ3) is 3.67. The molecule has 2 aromatic carbocycles. The molecule has 0 amide bonds. The highest BCUT2D eigenvalue weighted by Gasteiger charge is 1.87. The lowest BCUT2D eigenvalue weighted by atomic mass is 10.2. The van der Waals surface area contributed by atoms with Crippen molar-refractivity contribution in [2.24, 2.45) is 10.2 Å². The van der Waals surface area contributed by atoms with Crippen LogP contribution in [0.25, 0.3) is 0 Å². The van der Waals surface area contributed by atoms with Gasteiger partial charge < -0.3 is 0 Å². The molecule has 0 bridgehead atoms. The van der Waals surface area contributed by atoms with Crippen molar-refractivity contribution in [1.82, 2.24) is 0 Å². The Labute approximate surface area is 108 Å². The van der Waals surface area contributed by atoms with Gasteiger partial charge in [0.05, 0.1) is 12.4 Å². The van der Waals surface area contributed by atoms with Crippen LogP contribution in [0.1, 0.15) is 22.3 Å². The number of benzene rings is 2. The first-order valence-corrected chi connectivity index (χ1v) is 5.94. The maximum Gasteiger partial charge on any atom is 0.0568 e. The van der Waals surface area contributed by atoms with E-state index in [2.05, 4.69) is 48.3 Å². The summed E-state index contributed by atoms with van der Waals surface area (Å²) < 4.78 is 0. The monoisotopic (exact) mass is 236 g/mol. The van der Waals surface area contributed by atoms with Crippen molar-refractivity contribution in [2.75, 3.05) is 0 Å². The first kappa shape index (κ1) is 12.2. The van der Waals surface area contributed by atoms with Crippen molar-refractivity contribution in [3.63, 3.8) is 0 Å². The van der Waals surface area contributed by atoms with Gasteiger partial charge in [-0.25, -0.2) is 0 Å². The van der Waals surface area contributed by atoms with E-state index in [1.54, 1.807) is 12.4 Å². The van der Waals surface area contributed by atoms with Crippen LogP contribution in [0, 0.1) is 13.8 Å². The Morgan fingerprint density at radius 1 is 0.611 bits per heavy atom. The van der Waals surface area contributed by atoms with Crippen LogP contribution in [0.4, 0.5) is 0 Å². The molecular formula is C16H16N2. The summed E-state index contributed by atoms with van der Waals surface area (Å²) in [5.41, 5.74) is 4.61. The van der Waals surface area contributed by atoms with Crippen molar-refractivity contribution in [3.05, 3.63) is 70.8 Å². The maximum atomic E-state index is 4.03. The molecular weight excluding hydrogens is 220 g/mol. The quantitative estimate of drug-likeness (QED) is 0.572. The van der Waals surface area contributed by atoms with Gasteiger partial charge in [0, 0.05) is 0 Å². The Kier molecular flexibility index (Phi) is 4.02. The SMILES string of the molecule is Cc1ccc(/C=N\N=C\c2ccc(C)cc2)cc1. The molecule has 18 heavy (non-hydrogen) atoms. The van der Waals surface area contributed by atoms with Crippen LogP contribution >= 0.6 is 0 Å². The third-order valence-electron chi connectivity index (χ3n) is 2.63. The molecule has 0 fully saturated rings. The zero-order valence-corrected chi connectivity index (χ0v) is 10.7. The summed E-state index contributed by atoms with van der Waals surface area (Å²) in [5, 5.41) is 8.07. The lowest BCUT2D eigenvalue weighted by molar-refractivity contribution is 1.26. The molecule has 2 heteroatoms. The van der Waals surface area contributed by atoms with Gasteiger partial charge in [0.1, 0.15) is 0 Å². The molecule has 2 rings (SSSR count). The largest absolute Gasteiger partial charge is 0.159 e. The van der Waals surface area contributed by atoms with E-state index in [1.807, 2.05) is 24.3 Å². The second-order valence-electron chi connectivity index (χ2n) is 4.31. The Morgan fingerprint density at radius 3 is 1.28 bits per heavy atom. The van der Waals surface area contributed by atoms with Crippen LogP contribution in [0.5, 0.6) is 0 Å². The minimum atomic E-state index is 1.06. The fourth-order valence-electron chi connectivity index (χ4n) is 1.51. The van der Waals surface area contributed by atoms with E-state index in [-0.39, 0.29) is 0 Å². The molecule has 0 heterocycles. The van der Waals surface area contributed by atoms with E-state index < -0.39 is 0 Å². The van der Waals surface area contributed by atoms with E-state index >= 15 is 0 Å². The van der Waals surface area contributed by atoms with Gasteiger partial charge in [0.25, 0.3) is 0 Å². The Hall–Kier alpha value is -2.22. The Balaban J connectivity index is 1.98. The highest BCUT2D eigenvalue weighted by atomic mass is 15.2. The topological polar surface area (TPSA) is 24.7 Å². The molecule has 0 atom stereocenters. The van der Waals surface area contributed by atoms with Crippen molar-refractivity contribution >= 4 is 12.4 Å². The van der Waals surface area contributed by atoms with Crippen LogP contribution in [-0.2, 0) is 0 Å². The van der Waals surface area contributed by atoms with E-state index in [0.717, 1.165) is 11.1 Å². The standard InChI is InChI=1S/C16H16N2/c1-13-3-7-15(8-4-13)11-17-18-12-16-9-5-14(2)6-10-16/h3-12H,1-2H3/b17-11-,18-12+. The molecule has 0 saturated carbocycles. The van der Waals surface area contributed by atoms with Crippen molar-refractivity contribution in [3.8, 4) is 0 Å². The minimum absolute atomic E-state index is 1.06. The Bertz CT molecular complexity index is 495. The molecule has 0 aliphatic heterocycles. The lowest BCUT2D eigenvalue weighted by Crippen LogP contribution is -1.82. The van der Waals surface area contributed by atoms with E-state index in [4.69, 9.17) is 0 Å². The fourth-order valence-corrected chi connectivity index (χ4v) is 1.51. The van der Waals surface area contributed by atoms with Crippen molar-refractivity contribution < 1.29 is 0 Å². The first-order valence-electron chi connectivity index (χ1n) is 5.94. The zero-order valence-electron chi connectivity index (χ0n) is 10.7. The van der Waals surface area contributed by atoms with Gasteiger partial charge in [-0.3, -0.25) is 0 Å². The fraction of sp³-hybridized carbons (Fsp3) is 0.125. The maximum absolute atomic E-state index is 4.03. The van der Waals surface area contributed by atoms with Gasteiger partial charge in [-0.2, -0.15) is 10.2 Å². The summed E-state index contributed by atoms with van der Waals surface area (Å²) in [4.78, 5) is 0. The highest BCUT2D eigenvalue weighted by molar-refractivity contribution is 5.82. The van der Waals surface area contributed by atoms with Gasteiger partial charge in [0.2, 0.25) is 0 Å². The number of hydrogen-bond acceptors (Lipinski definition) is 2. The molecule has 0 aromatic heterocycles. The van der Waals surface area contributed by atoms with E-state index in [0.29, 0.717) is 0 Å². The number of hydrogen-bond donors (Lipinski definition) is 0. The van der Waals surface area contributed by atoms with Crippen molar-refractivity contribution in [1.29, 1.82) is 0 Å². The number of aryl methyl sites for hydroxylation is 2. The smallest absolute Gasteiger partial charge is 0.0568 e. The normalized spacial score (nSPS) is 11.4. The van der Waals surface area contributed by atoms with Gasteiger partial charge in [-0.15, -0.1) is 0 Å². The summed E-state index contributed by atoms with van der Waals surface area (Å²) in [6, 6.07) is 16.4. The molecule has 0 N–H and O–H groups in total. The molecule has 0 aliphatic rings. The summed E-state index contributed by atoms with van der Waals surface area (Å²) in [6.45, 7) is 4.13. The lowest BCUT2D eigenvalue weighted by Gasteiger charge is -1.93. The van der Waals surface area contributed by atoms with Gasteiger partial charge in [-0.1, -0.05) is 59.7 Å². The second-order valence-corrected chi connectivity index (χ2v) is 4.31. The molecule has 0 unspecified atom stereocenters. The average Bonchev–Trinajstić information content (AvgIpc) is 2.39. The van der Waals surface area contributed by atoms with Crippen LogP contribution in [0.3, 0.4) is 0 Å². The van der Waals surface area contributed by atoms with Crippen LogP contribution in [0.2, 0.25) is 0 Å². The molecule has 2 nitrogen and oxygen atoms in total. The minimum Gasteiger partial charge on any atom is -0.159 e. The molecule has 0 radical (unpaired) electrons. The van der Waals surface area contributed by atoms with E-state index in [1.165, 1.54) is 11.1 Å². The second kappa shape index (κ2) is 5.92. The van der Waals surface area contributed by atoms with Crippen molar-refractivity contribution in [2.45, 2.75) is 13.8 Å². The van der Waals surface area contributed by atoms with Gasteiger partial charge in [-0.05, 0) is 25.0 Å². The molecule has 0 saturated heterocycles. The summed E-state index contributed by atoms with van der Waals surface area (Å²) >= 11 is 0. The summed E-state index contributed by atoms with van der Waals surface area (Å²) in [7, 11) is 0. The van der Waals surface area contributed by atoms with Gasteiger partial charge in [0.15, 0.2) is 0 Å². The van der Waals surface area contributed by atoms with Crippen LogP contribution in [0.15, 0.2) is 58.7 Å². The van der Waals surface area contributed by atoms with Crippen LogP contribution in [-0.4, -0.2) is 12.4 Å². The summed E-state index contributed by atoms with van der Waals surface area (Å²) in [5.74, 6) is 0. The molecule has 2 aromatic rings. The molecule has 90 valence electrons. The number of nitrogens with zero attached hydrogens (tertiary/aromatic N) is 2. The summed E-state index contributed by atoms with van der Waals surface area (Å²) in [6.07, 6.45) is 3.51. The van der Waals surface area contributed by atoms with E-state index in [9.17, 15) is 0 Å². The van der Waals surface area contributed by atoms with Crippen LogP contribution < -0.4 is 0 Å². The zero-order chi connectivity index (χ0) is 12.8. The molecule has 0 aliphatic carbocycles. The third-order valence-corrected chi connectivity index (χ3v) is 2.63. The first-order chi connectivity index (χ1) is 8.74. The predicted octanol–water partition coefficient (Wildman–Crippen LogP) is 3.76.